The zero-order valence-electron chi connectivity index (χ0n) is 9.98. The summed E-state index contributed by atoms with van der Waals surface area (Å²) in [5, 5.41) is 6.57. The van der Waals surface area contributed by atoms with Crippen LogP contribution in [-0.4, -0.2) is 19.1 Å². The summed E-state index contributed by atoms with van der Waals surface area (Å²) in [5.41, 5.74) is 2.25. The van der Waals surface area contributed by atoms with Crippen molar-refractivity contribution >= 4 is 0 Å². The van der Waals surface area contributed by atoms with Gasteiger partial charge >= 0.3 is 0 Å². The fourth-order valence-electron chi connectivity index (χ4n) is 0.832. The topological polar surface area (TPSA) is 24.1 Å². The molecule has 0 bridgehead atoms. The first-order valence-corrected chi connectivity index (χ1v) is 5.26. The van der Waals surface area contributed by atoms with Gasteiger partial charge in [-0.15, -0.1) is 0 Å². The van der Waals surface area contributed by atoms with Crippen LogP contribution in [0.3, 0.4) is 0 Å². The third-order valence-corrected chi connectivity index (χ3v) is 2.11. The van der Waals surface area contributed by atoms with Gasteiger partial charge in [-0.1, -0.05) is 46.4 Å². The quantitative estimate of drug-likeness (QED) is 0.611. The summed E-state index contributed by atoms with van der Waals surface area (Å²) >= 11 is 0. The fourth-order valence-corrected chi connectivity index (χ4v) is 0.832. The van der Waals surface area contributed by atoms with Crippen LogP contribution < -0.4 is 10.6 Å². The molecule has 0 atom stereocenters. The van der Waals surface area contributed by atoms with Crippen molar-refractivity contribution in [3.63, 3.8) is 0 Å². The molecule has 82 valence electrons. The van der Waals surface area contributed by atoms with Gasteiger partial charge in [-0.05, 0) is 5.92 Å². The van der Waals surface area contributed by atoms with E-state index in [2.05, 4.69) is 51.5 Å². The molecule has 14 heavy (non-hydrogen) atoms. The Morgan fingerprint density at radius 1 is 1.07 bits per heavy atom. The zero-order chi connectivity index (χ0) is 11.1. The Balaban J connectivity index is 3.59. The summed E-state index contributed by atoms with van der Waals surface area (Å²) in [6.07, 6.45) is 0. The molecule has 0 spiro atoms. The number of rotatable bonds is 7. The van der Waals surface area contributed by atoms with Gasteiger partial charge in [0, 0.05) is 24.8 Å². The average Bonchev–Trinajstić information content (AvgIpc) is 2.10. The van der Waals surface area contributed by atoms with Gasteiger partial charge in [0.15, 0.2) is 0 Å². The van der Waals surface area contributed by atoms with E-state index >= 15 is 0 Å². The monoisotopic (exact) mass is 196 g/mol. The lowest BCUT2D eigenvalue weighted by atomic mass is 10.1. The molecule has 2 heteroatoms. The smallest absolute Gasteiger partial charge is 0.0357 e. The van der Waals surface area contributed by atoms with E-state index in [0.29, 0.717) is 12.0 Å². The molecule has 0 unspecified atom stereocenters. The van der Waals surface area contributed by atoms with Gasteiger partial charge < -0.3 is 10.6 Å². The molecule has 0 heterocycles. The maximum atomic E-state index is 4.00. The Kier molecular flexibility index (Phi) is 6.30. The van der Waals surface area contributed by atoms with E-state index in [9.17, 15) is 0 Å². The normalized spacial score (nSPS) is 10.7. The molecular weight excluding hydrogens is 172 g/mol. The van der Waals surface area contributed by atoms with Crippen molar-refractivity contribution in [2.75, 3.05) is 13.1 Å². The van der Waals surface area contributed by atoms with Crippen LogP contribution in [-0.2, 0) is 0 Å². The third kappa shape index (κ3) is 6.72. The van der Waals surface area contributed by atoms with Crippen molar-refractivity contribution in [1.82, 2.24) is 10.6 Å². The predicted molar refractivity (Wildman–Crippen MR) is 64.3 cm³/mol. The first-order chi connectivity index (χ1) is 6.43. The van der Waals surface area contributed by atoms with Crippen molar-refractivity contribution in [3.05, 3.63) is 24.4 Å². The van der Waals surface area contributed by atoms with E-state index in [-0.39, 0.29) is 0 Å². The maximum absolute atomic E-state index is 4.00. The average molecular weight is 196 g/mol. The van der Waals surface area contributed by atoms with Crippen LogP contribution in [0.5, 0.6) is 0 Å². The summed E-state index contributed by atoms with van der Waals surface area (Å²) in [6.45, 7) is 18.1. The molecule has 0 aromatic rings. The summed E-state index contributed by atoms with van der Waals surface area (Å²) in [7, 11) is 0. The van der Waals surface area contributed by atoms with Crippen LogP contribution in [0.15, 0.2) is 24.4 Å². The molecule has 0 rings (SSSR count). The van der Waals surface area contributed by atoms with Crippen LogP contribution in [0.4, 0.5) is 0 Å². The Labute approximate surface area is 88.5 Å². The van der Waals surface area contributed by atoms with Crippen molar-refractivity contribution in [2.24, 2.45) is 5.92 Å². The molecule has 0 aromatic carbocycles. The third-order valence-electron chi connectivity index (χ3n) is 2.11. The second kappa shape index (κ2) is 6.66. The first kappa shape index (κ1) is 13.2. The first-order valence-electron chi connectivity index (χ1n) is 5.26. The van der Waals surface area contributed by atoms with Crippen LogP contribution in [0.2, 0.25) is 0 Å². The molecule has 0 aliphatic carbocycles. The minimum absolute atomic E-state index is 0.502. The Bertz CT molecular complexity index is 192. The number of nitrogens with one attached hydrogen (secondary N) is 2. The van der Waals surface area contributed by atoms with Crippen molar-refractivity contribution in [3.8, 4) is 0 Å². The van der Waals surface area contributed by atoms with Crippen LogP contribution in [0.1, 0.15) is 27.7 Å². The van der Waals surface area contributed by atoms with E-state index in [1.807, 2.05) is 0 Å². The zero-order valence-corrected chi connectivity index (χ0v) is 9.98. The lowest BCUT2D eigenvalue weighted by Crippen LogP contribution is -2.30. The van der Waals surface area contributed by atoms with Crippen molar-refractivity contribution in [2.45, 2.75) is 33.7 Å². The standard InChI is InChI=1S/C12H24N2/c1-9(2)11(5)7-14-12(6)8-13-10(3)4/h9-10,13-14H,5-8H2,1-4H3. The van der Waals surface area contributed by atoms with E-state index in [4.69, 9.17) is 0 Å². The highest BCUT2D eigenvalue weighted by atomic mass is 15.0. The molecule has 0 radical (unpaired) electrons. The summed E-state index contributed by atoms with van der Waals surface area (Å²) in [4.78, 5) is 0. The Morgan fingerprint density at radius 2 is 1.64 bits per heavy atom. The van der Waals surface area contributed by atoms with Gasteiger partial charge in [0.1, 0.15) is 0 Å². The van der Waals surface area contributed by atoms with E-state index in [1.54, 1.807) is 0 Å². The lowest BCUT2D eigenvalue weighted by molar-refractivity contribution is 0.600. The van der Waals surface area contributed by atoms with Gasteiger partial charge in [-0.25, -0.2) is 0 Å². The van der Waals surface area contributed by atoms with E-state index < -0.39 is 0 Å². The van der Waals surface area contributed by atoms with E-state index in [1.165, 1.54) is 5.57 Å². The Morgan fingerprint density at radius 3 is 2.07 bits per heavy atom. The molecule has 2 nitrogen and oxygen atoms in total. The number of hydrogen-bond donors (Lipinski definition) is 2. The van der Waals surface area contributed by atoms with Crippen molar-refractivity contribution in [1.29, 1.82) is 0 Å². The summed E-state index contributed by atoms with van der Waals surface area (Å²) < 4.78 is 0. The predicted octanol–water partition coefficient (Wildman–Crippen LogP) is 2.30. The Hall–Kier alpha value is -0.760. The number of hydrogen-bond acceptors (Lipinski definition) is 2. The molecule has 0 saturated carbocycles. The van der Waals surface area contributed by atoms with Crippen LogP contribution in [0.25, 0.3) is 0 Å². The van der Waals surface area contributed by atoms with E-state index in [0.717, 1.165) is 18.8 Å². The SMILES string of the molecule is C=C(CNC(C)C)NCC(=C)C(C)C. The molecule has 2 N–H and O–H groups in total. The summed E-state index contributed by atoms with van der Waals surface area (Å²) in [6, 6.07) is 0.502. The van der Waals surface area contributed by atoms with Crippen LogP contribution >= 0.6 is 0 Å². The maximum Gasteiger partial charge on any atom is 0.0357 e. The van der Waals surface area contributed by atoms with Crippen LogP contribution in [0, 0.1) is 5.92 Å². The van der Waals surface area contributed by atoms with Crippen molar-refractivity contribution < 1.29 is 0 Å². The molecular formula is C12H24N2. The highest BCUT2D eigenvalue weighted by Crippen LogP contribution is 2.04. The fraction of sp³-hybridized carbons (Fsp3) is 0.667. The summed E-state index contributed by atoms with van der Waals surface area (Å²) in [5.74, 6) is 0.536. The molecule has 0 aromatic heterocycles. The van der Waals surface area contributed by atoms with Gasteiger partial charge in [0.2, 0.25) is 0 Å². The minimum atomic E-state index is 0.502. The molecule has 0 fully saturated rings. The highest BCUT2D eigenvalue weighted by molar-refractivity contribution is 5.05. The molecule has 0 aliphatic rings. The second-order valence-electron chi connectivity index (χ2n) is 4.31. The second-order valence-corrected chi connectivity index (χ2v) is 4.31. The minimum Gasteiger partial charge on any atom is -0.384 e. The van der Waals surface area contributed by atoms with Gasteiger partial charge in [0.25, 0.3) is 0 Å². The van der Waals surface area contributed by atoms with Gasteiger partial charge in [-0.3, -0.25) is 0 Å². The van der Waals surface area contributed by atoms with Gasteiger partial charge in [0.05, 0.1) is 0 Å². The molecule has 0 saturated heterocycles. The molecule has 0 aliphatic heterocycles. The highest BCUT2D eigenvalue weighted by Gasteiger charge is 2.00. The largest absolute Gasteiger partial charge is 0.384 e. The van der Waals surface area contributed by atoms with Gasteiger partial charge in [-0.2, -0.15) is 0 Å². The lowest BCUT2D eigenvalue weighted by Gasteiger charge is -2.15. The molecule has 0 amide bonds.